The van der Waals surface area contributed by atoms with E-state index in [4.69, 9.17) is 9.47 Å². The Morgan fingerprint density at radius 2 is 2.37 bits per heavy atom. The fourth-order valence-corrected chi connectivity index (χ4v) is 2.08. The van der Waals surface area contributed by atoms with E-state index >= 15 is 0 Å². The molecule has 0 aliphatic carbocycles. The van der Waals surface area contributed by atoms with E-state index in [0.29, 0.717) is 12.3 Å². The number of benzene rings is 1. The minimum Gasteiger partial charge on any atom is -0.483 e. The minimum atomic E-state index is -0.215. The van der Waals surface area contributed by atoms with Gasteiger partial charge in [-0.1, -0.05) is 18.2 Å². The van der Waals surface area contributed by atoms with Crippen molar-refractivity contribution in [3.8, 4) is 11.5 Å². The average molecular weight is 261 g/mol. The van der Waals surface area contributed by atoms with Gasteiger partial charge in [0.1, 0.15) is 5.60 Å². The van der Waals surface area contributed by atoms with E-state index in [0.717, 1.165) is 17.7 Å². The van der Waals surface area contributed by atoms with Gasteiger partial charge in [0.05, 0.1) is 0 Å². The molecule has 0 bridgehead atoms. The van der Waals surface area contributed by atoms with Gasteiger partial charge in [-0.25, -0.2) is 0 Å². The quantitative estimate of drug-likeness (QED) is 0.826. The van der Waals surface area contributed by atoms with Crippen molar-refractivity contribution in [2.75, 3.05) is 13.2 Å². The number of ether oxygens (including phenoxy) is 2. The molecule has 1 aromatic carbocycles. The SMILES string of the molecule is C=CCNC(=O)COc1cccc2c1OC(C)(C)C2. The van der Waals surface area contributed by atoms with Gasteiger partial charge in [0, 0.05) is 18.5 Å². The van der Waals surface area contributed by atoms with E-state index in [-0.39, 0.29) is 18.1 Å². The Balaban J connectivity index is 2.01. The predicted octanol–water partition coefficient (Wildman–Crippen LogP) is 2.08. The van der Waals surface area contributed by atoms with E-state index in [9.17, 15) is 4.79 Å². The number of carbonyl (C=O) groups is 1. The van der Waals surface area contributed by atoms with Crippen LogP contribution in [0, 0.1) is 0 Å². The molecule has 0 spiro atoms. The highest BCUT2D eigenvalue weighted by atomic mass is 16.5. The van der Waals surface area contributed by atoms with Crippen molar-refractivity contribution in [1.82, 2.24) is 5.32 Å². The summed E-state index contributed by atoms with van der Waals surface area (Å²) in [6.45, 7) is 8.03. The van der Waals surface area contributed by atoms with Crippen molar-refractivity contribution in [2.45, 2.75) is 25.9 Å². The van der Waals surface area contributed by atoms with Crippen molar-refractivity contribution in [1.29, 1.82) is 0 Å². The summed E-state index contributed by atoms with van der Waals surface area (Å²) in [6, 6.07) is 5.76. The molecule has 0 atom stereocenters. The highest BCUT2D eigenvalue weighted by Gasteiger charge is 2.32. The van der Waals surface area contributed by atoms with E-state index in [1.807, 2.05) is 32.0 Å². The lowest BCUT2D eigenvalue weighted by molar-refractivity contribution is -0.122. The van der Waals surface area contributed by atoms with Crippen molar-refractivity contribution in [3.63, 3.8) is 0 Å². The first kappa shape index (κ1) is 13.5. The topological polar surface area (TPSA) is 47.6 Å². The molecule has 2 rings (SSSR count). The predicted molar refractivity (Wildman–Crippen MR) is 73.6 cm³/mol. The molecule has 19 heavy (non-hydrogen) atoms. The number of carbonyl (C=O) groups excluding carboxylic acids is 1. The molecule has 1 N–H and O–H groups in total. The van der Waals surface area contributed by atoms with Gasteiger partial charge in [-0.05, 0) is 19.9 Å². The molecule has 4 nitrogen and oxygen atoms in total. The van der Waals surface area contributed by atoms with Crippen LogP contribution in [-0.4, -0.2) is 24.7 Å². The zero-order valence-corrected chi connectivity index (χ0v) is 11.4. The van der Waals surface area contributed by atoms with Crippen LogP contribution in [0.15, 0.2) is 30.9 Å². The number of hydrogen-bond acceptors (Lipinski definition) is 3. The first-order valence-corrected chi connectivity index (χ1v) is 6.33. The maximum absolute atomic E-state index is 11.5. The van der Waals surface area contributed by atoms with Crippen LogP contribution < -0.4 is 14.8 Å². The summed E-state index contributed by atoms with van der Waals surface area (Å²) >= 11 is 0. The molecule has 102 valence electrons. The van der Waals surface area contributed by atoms with Crippen molar-refractivity contribution < 1.29 is 14.3 Å². The molecule has 4 heteroatoms. The smallest absolute Gasteiger partial charge is 0.258 e. The summed E-state index contributed by atoms with van der Waals surface area (Å²) in [5.41, 5.74) is 0.904. The Labute approximate surface area is 113 Å². The second-order valence-electron chi connectivity index (χ2n) is 5.16. The van der Waals surface area contributed by atoms with Crippen LogP contribution in [0.3, 0.4) is 0 Å². The molecule has 1 amide bonds. The van der Waals surface area contributed by atoms with E-state index in [2.05, 4.69) is 11.9 Å². The number of rotatable bonds is 5. The summed E-state index contributed by atoms with van der Waals surface area (Å²) in [7, 11) is 0. The molecule has 0 fully saturated rings. The lowest BCUT2D eigenvalue weighted by Crippen LogP contribution is -2.29. The van der Waals surface area contributed by atoms with Gasteiger partial charge in [-0.3, -0.25) is 4.79 Å². The molecule has 0 unspecified atom stereocenters. The summed E-state index contributed by atoms with van der Waals surface area (Å²) < 4.78 is 11.4. The van der Waals surface area contributed by atoms with E-state index in [1.54, 1.807) is 6.08 Å². The normalized spacial score (nSPS) is 15.3. The fraction of sp³-hybridized carbons (Fsp3) is 0.400. The molecule has 0 radical (unpaired) electrons. The van der Waals surface area contributed by atoms with E-state index < -0.39 is 0 Å². The third-order valence-corrected chi connectivity index (χ3v) is 2.86. The van der Waals surface area contributed by atoms with Crippen LogP contribution in [0.5, 0.6) is 11.5 Å². The molecule has 0 aromatic heterocycles. The van der Waals surface area contributed by atoms with Crippen LogP contribution >= 0.6 is 0 Å². The minimum absolute atomic E-state index is 0.0198. The standard InChI is InChI=1S/C15H19NO3/c1-4-8-16-13(17)10-18-12-7-5-6-11-9-15(2,3)19-14(11)12/h4-7H,1,8-10H2,2-3H3,(H,16,17). The van der Waals surface area contributed by atoms with Gasteiger partial charge in [-0.2, -0.15) is 0 Å². The number of amides is 1. The zero-order chi connectivity index (χ0) is 13.9. The van der Waals surface area contributed by atoms with Crippen LogP contribution in [0.1, 0.15) is 19.4 Å². The highest BCUT2D eigenvalue weighted by Crippen LogP contribution is 2.41. The van der Waals surface area contributed by atoms with Gasteiger partial charge < -0.3 is 14.8 Å². The first-order valence-electron chi connectivity index (χ1n) is 6.33. The lowest BCUT2D eigenvalue weighted by atomic mass is 10.0. The maximum Gasteiger partial charge on any atom is 0.258 e. The number of fused-ring (bicyclic) bond motifs is 1. The van der Waals surface area contributed by atoms with Gasteiger partial charge in [-0.15, -0.1) is 6.58 Å². The Morgan fingerprint density at radius 3 is 3.11 bits per heavy atom. The van der Waals surface area contributed by atoms with Crippen LogP contribution in [0.4, 0.5) is 0 Å². The Bertz CT molecular complexity index is 494. The zero-order valence-electron chi connectivity index (χ0n) is 11.4. The summed E-state index contributed by atoms with van der Waals surface area (Å²) in [5, 5.41) is 2.66. The summed E-state index contributed by atoms with van der Waals surface area (Å²) in [4.78, 5) is 11.5. The Hall–Kier alpha value is -1.97. The van der Waals surface area contributed by atoms with Crippen molar-refractivity contribution in [2.24, 2.45) is 0 Å². The molecule has 1 aliphatic rings. The Morgan fingerprint density at radius 1 is 1.58 bits per heavy atom. The van der Waals surface area contributed by atoms with E-state index in [1.165, 1.54) is 0 Å². The third-order valence-electron chi connectivity index (χ3n) is 2.86. The number of hydrogen-bond donors (Lipinski definition) is 1. The highest BCUT2D eigenvalue weighted by molar-refractivity contribution is 5.77. The number of para-hydroxylation sites is 1. The third kappa shape index (κ3) is 3.28. The van der Waals surface area contributed by atoms with Gasteiger partial charge in [0.2, 0.25) is 0 Å². The molecule has 1 aliphatic heterocycles. The number of nitrogens with one attached hydrogen (secondary N) is 1. The average Bonchev–Trinajstić information content (AvgIpc) is 2.68. The second kappa shape index (κ2) is 5.34. The fourth-order valence-electron chi connectivity index (χ4n) is 2.08. The molecule has 0 saturated heterocycles. The molecule has 1 aromatic rings. The Kier molecular flexibility index (Phi) is 3.79. The van der Waals surface area contributed by atoms with Crippen LogP contribution in [-0.2, 0) is 11.2 Å². The van der Waals surface area contributed by atoms with Crippen molar-refractivity contribution in [3.05, 3.63) is 36.4 Å². The summed E-state index contributed by atoms with van der Waals surface area (Å²) in [5.74, 6) is 1.20. The van der Waals surface area contributed by atoms with Crippen LogP contribution in [0.25, 0.3) is 0 Å². The first-order chi connectivity index (χ1) is 9.02. The monoisotopic (exact) mass is 261 g/mol. The van der Waals surface area contributed by atoms with Gasteiger partial charge >= 0.3 is 0 Å². The van der Waals surface area contributed by atoms with Gasteiger partial charge in [0.25, 0.3) is 5.91 Å². The molecular formula is C15H19NO3. The molecular weight excluding hydrogens is 242 g/mol. The second-order valence-corrected chi connectivity index (χ2v) is 5.16. The van der Waals surface area contributed by atoms with Gasteiger partial charge in [0.15, 0.2) is 18.1 Å². The summed E-state index contributed by atoms with van der Waals surface area (Å²) in [6.07, 6.45) is 2.48. The van der Waals surface area contributed by atoms with Crippen LogP contribution in [0.2, 0.25) is 0 Å². The lowest BCUT2D eigenvalue weighted by Gasteiger charge is -2.18. The maximum atomic E-state index is 11.5. The van der Waals surface area contributed by atoms with Crippen molar-refractivity contribution >= 4 is 5.91 Å². The molecule has 0 saturated carbocycles. The largest absolute Gasteiger partial charge is 0.483 e. The molecule has 1 heterocycles.